The molecule has 1 aromatic rings. The van der Waals surface area contributed by atoms with E-state index in [9.17, 15) is 14.4 Å². The van der Waals surface area contributed by atoms with Crippen molar-refractivity contribution in [2.45, 2.75) is 12.5 Å². The van der Waals surface area contributed by atoms with Gasteiger partial charge in [0.25, 0.3) is 5.91 Å². The van der Waals surface area contributed by atoms with Crippen molar-refractivity contribution in [3.8, 4) is 0 Å². The van der Waals surface area contributed by atoms with Crippen molar-refractivity contribution in [1.82, 2.24) is 10.6 Å². The molecule has 0 unspecified atom stereocenters. The van der Waals surface area contributed by atoms with E-state index in [0.29, 0.717) is 17.7 Å². The first kappa shape index (κ1) is 17.0. The number of nitrogens with two attached hydrogens (primary N) is 1. The number of carbonyl (C=O) groups is 3. The van der Waals surface area contributed by atoms with Gasteiger partial charge in [0.1, 0.15) is 6.04 Å². The Kier molecular flexibility index (Phi) is 7.31. The number of thioether (sulfide) groups is 1. The minimum absolute atomic E-state index is 0.240. The van der Waals surface area contributed by atoms with Gasteiger partial charge in [0.05, 0.1) is 6.54 Å². The number of primary amides is 1. The zero-order chi connectivity index (χ0) is 15.7. The summed E-state index contributed by atoms with van der Waals surface area (Å²) in [5, 5.41) is 5.09. The number of hydrogen-bond acceptors (Lipinski definition) is 4. The summed E-state index contributed by atoms with van der Waals surface area (Å²) >= 11 is 1.57. The molecule has 3 amide bonds. The average molecular weight is 309 g/mol. The average Bonchev–Trinajstić information content (AvgIpc) is 2.49. The molecule has 0 aliphatic rings. The SMILES string of the molecule is CSCC[C@H](NC(=O)c1ccccc1)C(=O)NCC(N)=O. The van der Waals surface area contributed by atoms with Crippen LogP contribution in [0.15, 0.2) is 30.3 Å². The van der Waals surface area contributed by atoms with Gasteiger partial charge in [0, 0.05) is 5.56 Å². The van der Waals surface area contributed by atoms with Gasteiger partial charge in [-0.3, -0.25) is 14.4 Å². The maximum absolute atomic E-state index is 12.1. The molecule has 21 heavy (non-hydrogen) atoms. The molecule has 0 radical (unpaired) electrons. The summed E-state index contributed by atoms with van der Waals surface area (Å²) in [7, 11) is 0. The molecule has 1 rings (SSSR count). The van der Waals surface area contributed by atoms with Crippen molar-refractivity contribution in [2.24, 2.45) is 5.73 Å². The Morgan fingerprint density at radius 1 is 1.24 bits per heavy atom. The fourth-order valence-electron chi connectivity index (χ4n) is 1.63. The summed E-state index contributed by atoms with van der Waals surface area (Å²) in [5.74, 6) is -0.645. The number of benzene rings is 1. The van der Waals surface area contributed by atoms with Crippen molar-refractivity contribution < 1.29 is 14.4 Å². The Morgan fingerprint density at radius 3 is 2.48 bits per heavy atom. The highest BCUT2D eigenvalue weighted by atomic mass is 32.2. The van der Waals surface area contributed by atoms with Crippen LogP contribution < -0.4 is 16.4 Å². The molecule has 0 aromatic heterocycles. The largest absolute Gasteiger partial charge is 0.368 e. The van der Waals surface area contributed by atoms with E-state index in [1.165, 1.54) is 0 Å². The highest BCUT2D eigenvalue weighted by molar-refractivity contribution is 7.98. The quantitative estimate of drug-likeness (QED) is 0.636. The molecule has 0 saturated carbocycles. The third kappa shape index (κ3) is 6.31. The lowest BCUT2D eigenvalue weighted by Gasteiger charge is -2.17. The van der Waals surface area contributed by atoms with Gasteiger partial charge in [-0.2, -0.15) is 11.8 Å². The lowest BCUT2D eigenvalue weighted by Crippen LogP contribution is -2.48. The Labute approximate surface area is 127 Å². The molecule has 0 aliphatic carbocycles. The van der Waals surface area contributed by atoms with Crippen molar-refractivity contribution >= 4 is 29.5 Å². The molecule has 0 saturated heterocycles. The first-order chi connectivity index (χ1) is 10.0. The van der Waals surface area contributed by atoms with E-state index >= 15 is 0 Å². The van der Waals surface area contributed by atoms with Crippen LogP contribution in [0.5, 0.6) is 0 Å². The second kappa shape index (κ2) is 9.02. The van der Waals surface area contributed by atoms with E-state index in [-0.39, 0.29) is 12.5 Å². The Balaban J connectivity index is 2.66. The number of carbonyl (C=O) groups excluding carboxylic acids is 3. The zero-order valence-electron chi connectivity index (χ0n) is 11.8. The monoisotopic (exact) mass is 309 g/mol. The first-order valence-corrected chi connectivity index (χ1v) is 7.85. The minimum Gasteiger partial charge on any atom is -0.368 e. The lowest BCUT2D eigenvalue weighted by atomic mass is 10.1. The van der Waals surface area contributed by atoms with Crippen molar-refractivity contribution in [3.05, 3.63) is 35.9 Å². The van der Waals surface area contributed by atoms with Crippen molar-refractivity contribution in [1.29, 1.82) is 0 Å². The predicted octanol–water partition coefficient (Wildman–Crippen LogP) is 0.140. The van der Waals surface area contributed by atoms with Gasteiger partial charge in [-0.25, -0.2) is 0 Å². The lowest BCUT2D eigenvalue weighted by molar-refractivity contribution is -0.126. The van der Waals surface area contributed by atoms with Crippen molar-refractivity contribution in [3.63, 3.8) is 0 Å². The standard InChI is InChI=1S/C14H19N3O3S/c1-21-8-7-11(14(20)16-9-12(15)18)17-13(19)10-5-3-2-4-6-10/h2-6,11H,7-9H2,1H3,(H2,15,18)(H,16,20)(H,17,19)/t11-/m0/s1. The molecule has 6 nitrogen and oxygen atoms in total. The van der Waals surface area contributed by atoms with E-state index in [1.54, 1.807) is 36.0 Å². The van der Waals surface area contributed by atoms with Crippen molar-refractivity contribution in [2.75, 3.05) is 18.6 Å². The molecule has 0 aliphatic heterocycles. The topological polar surface area (TPSA) is 101 Å². The van der Waals surface area contributed by atoms with Crippen LogP contribution in [0, 0.1) is 0 Å². The third-order valence-electron chi connectivity index (χ3n) is 2.71. The molecule has 0 spiro atoms. The molecule has 4 N–H and O–H groups in total. The molecule has 1 atom stereocenters. The van der Waals surface area contributed by atoms with Gasteiger partial charge in [-0.1, -0.05) is 18.2 Å². The second-order valence-electron chi connectivity index (χ2n) is 4.36. The van der Waals surface area contributed by atoms with Gasteiger partial charge in [0.2, 0.25) is 11.8 Å². The summed E-state index contributed by atoms with van der Waals surface area (Å²) < 4.78 is 0. The maximum Gasteiger partial charge on any atom is 0.251 e. The summed E-state index contributed by atoms with van der Waals surface area (Å²) in [6.45, 7) is -0.240. The fraction of sp³-hybridized carbons (Fsp3) is 0.357. The highest BCUT2D eigenvalue weighted by Gasteiger charge is 2.21. The highest BCUT2D eigenvalue weighted by Crippen LogP contribution is 2.04. The Bertz CT molecular complexity index is 493. The van der Waals surface area contributed by atoms with Gasteiger partial charge in [0.15, 0.2) is 0 Å². The summed E-state index contributed by atoms with van der Waals surface area (Å²) in [6.07, 6.45) is 2.39. The third-order valence-corrected chi connectivity index (χ3v) is 3.35. The zero-order valence-corrected chi connectivity index (χ0v) is 12.6. The van der Waals surface area contributed by atoms with E-state index in [1.807, 2.05) is 12.3 Å². The maximum atomic E-state index is 12.1. The van der Waals surface area contributed by atoms with E-state index in [2.05, 4.69) is 10.6 Å². The van der Waals surface area contributed by atoms with E-state index < -0.39 is 17.9 Å². The summed E-state index contributed by atoms with van der Waals surface area (Å²) in [6, 6.07) is 7.95. The van der Waals surface area contributed by atoms with Gasteiger partial charge in [-0.05, 0) is 30.6 Å². The normalized spacial score (nSPS) is 11.5. The Morgan fingerprint density at radius 2 is 1.90 bits per heavy atom. The van der Waals surface area contributed by atoms with Crippen LogP contribution in [0.4, 0.5) is 0 Å². The second-order valence-corrected chi connectivity index (χ2v) is 5.34. The predicted molar refractivity (Wildman–Crippen MR) is 82.9 cm³/mol. The molecular weight excluding hydrogens is 290 g/mol. The molecule has 114 valence electrons. The van der Waals surface area contributed by atoms with Gasteiger partial charge >= 0.3 is 0 Å². The smallest absolute Gasteiger partial charge is 0.251 e. The summed E-state index contributed by atoms with van der Waals surface area (Å²) in [4.78, 5) is 34.7. The molecule has 0 heterocycles. The van der Waals surface area contributed by atoms with Crippen LogP contribution in [0.1, 0.15) is 16.8 Å². The van der Waals surface area contributed by atoms with Gasteiger partial charge in [-0.15, -0.1) is 0 Å². The van der Waals surface area contributed by atoms with E-state index in [0.717, 1.165) is 0 Å². The Hall–Kier alpha value is -2.02. The summed E-state index contributed by atoms with van der Waals surface area (Å²) in [5.41, 5.74) is 5.47. The molecule has 1 aromatic carbocycles. The minimum atomic E-state index is -0.690. The fourth-order valence-corrected chi connectivity index (χ4v) is 2.10. The number of hydrogen-bond donors (Lipinski definition) is 3. The van der Waals surface area contributed by atoms with Crippen LogP contribution in [0.25, 0.3) is 0 Å². The van der Waals surface area contributed by atoms with Crippen LogP contribution in [0.3, 0.4) is 0 Å². The molecular formula is C14H19N3O3S. The van der Waals surface area contributed by atoms with Crippen LogP contribution >= 0.6 is 11.8 Å². The van der Waals surface area contributed by atoms with Crippen LogP contribution in [-0.2, 0) is 9.59 Å². The molecule has 0 bridgehead atoms. The first-order valence-electron chi connectivity index (χ1n) is 6.45. The van der Waals surface area contributed by atoms with E-state index in [4.69, 9.17) is 5.73 Å². The number of rotatable bonds is 8. The number of amides is 3. The van der Waals surface area contributed by atoms with Crippen LogP contribution in [0.2, 0.25) is 0 Å². The molecule has 7 heteroatoms. The van der Waals surface area contributed by atoms with Gasteiger partial charge < -0.3 is 16.4 Å². The molecule has 0 fully saturated rings. The van der Waals surface area contributed by atoms with Crippen LogP contribution in [-0.4, -0.2) is 42.3 Å². The number of nitrogens with one attached hydrogen (secondary N) is 2.